The van der Waals surface area contributed by atoms with Gasteiger partial charge in [-0.2, -0.15) is 0 Å². The lowest BCUT2D eigenvalue weighted by Gasteiger charge is -2.35. The number of hydrogen-bond acceptors (Lipinski definition) is 3. The first-order valence-corrected chi connectivity index (χ1v) is 8.11. The molecule has 0 saturated carbocycles. The minimum atomic E-state index is -0.581. The zero-order chi connectivity index (χ0) is 15.5. The molecule has 3 rings (SSSR count). The van der Waals surface area contributed by atoms with E-state index in [4.69, 9.17) is 0 Å². The topological polar surface area (TPSA) is 52.6 Å². The van der Waals surface area contributed by atoms with Crippen molar-refractivity contribution in [3.05, 3.63) is 35.6 Å². The Bertz CT molecular complexity index is 506. The Morgan fingerprint density at radius 3 is 2.50 bits per heavy atom. The van der Waals surface area contributed by atoms with Crippen molar-refractivity contribution in [3.63, 3.8) is 0 Å². The molecule has 0 aliphatic carbocycles. The molecular formula is C17H23FN2O2. The quantitative estimate of drug-likeness (QED) is 0.896. The average molecular weight is 306 g/mol. The van der Waals surface area contributed by atoms with Crippen LogP contribution in [-0.2, 0) is 4.79 Å². The van der Waals surface area contributed by atoms with Gasteiger partial charge in [0.25, 0.3) is 0 Å². The van der Waals surface area contributed by atoms with Crippen molar-refractivity contribution in [2.75, 3.05) is 19.6 Å². The van der Waals surface area contributed by atoms with Crippen molar-refractivity contribution in [1.82, 2.24) is 10.2 Å². The summed E-state index contributed by atoms with van der Waals surface area (Å²) in [5.41, 5.74) is 0.753. The lowest BCUT2D eigenvalue weighted by atomic mass is 9.87. The van der Waals surface area contributed by atoms with E-state index in [0.717, 1.165) is 37.8 Å². The summed E-state index contributed by atoms with van der Waals surface area (Å²) in [6, 6.07) is 6.02. The van der Waals surface area contributed by atoms with Crippen molar-refractivity contribution < 1.29 is 14.3 Å². The van der Waals surface area contributed by atoms with Crippen LogP contribution in [0.5, 0.6) is 0 Å². The molecule has 0 spiro atoms. The molecular weight excluding hydrogens is 283 g/mol. The summed E-state index contributed by atoms with van der Waals surface area (Å²) in [6.07, 6.45) is 2.99. The zero-order valence-corrected chi connectivity index (χ0v) is 12.7. The fourth-order valence-corrected chi connectivity index (χ4v) is 3.48. The molecule has 0 aromatic heterocycles. The number of piperidine rings is 1. The molecule has 1 amide bonds. The van der Waals surface area contributed by atoms with Crippen molar-refractivity contribution in [2.24, 2.45) is 5.92 Å². The Labute approximate surface area is 130 Å². The van der Waals surface area contributed by atoms with E-state index in [9.17, 15) is 14.3 Å². The lowest BCUT2D eigenvalue weighted by molar-refractivity contribution is -0.135. The summed E-state index contributed by atoms with van der Waals surface area (Å²) < 4.78 is 12.9. The minimum absolute atomic E-state index is 0.0152. The van der Waals surface area contributed by atoms with E-state index in [1.54, 1.807) is 12.1 Å². The number of aliphatic hydroxyl groups is 1. The van der Waals surface area contributed by atoms with Gasteiger partial charge in [0.2, 0.25) is 5.91 Å². The highest BCUT2D eigenvalue weighted by molar-refractivity contribution is 5.82. The third kappa shape index (κ3) is 3.31. The monoisotopic (exact) mass is 306 g/mol. The van der Waals surface area contributed by atoms with E-state index >= 15 is 0 Å². The number of carbonyl (C=O) groups is 1. The van der Waals surface area contributed by atoms with Gasteiger partial charge in [0.05, 0.1) is 12.1 Å². The van der Waals surface area contributed by atoms with Crippen LogP contribution >= 0.6 is 0 Å². The molecule has 120 valence electrons. The fourth-order valence-electron chi connectivity index (χ4n) is 3.48. The van der Waals surface area contributed by atoms with Crippen LogP contribution in [0.15, 0.2) is 24.3 Å². The Kier molecular flexibility index (Phi) is 4.74. The van der Waals surface area contributed by atoms with Crippen molar-refractivity contribution in [3.8, 4) is 0 Å². The van der Waals surface area contributed by atoms with Gasteiger partial charge in [-0.3, -0.25) is 4.79 Å². The highest BCUT2D eigenvalue weighted by atomic mass is 19.1. The Hall–Kier alpha value is -1.46. The van der Waals surface area contributed by atoms with E-state index in [1.807, 2.05) is 4.90 Å². The molecule has 22 heavy (non-hydrogen) atoms. The van der Waals surface area contributed by atoms with Crippen LogP contribution in [0, 0.1) is 11.7 Å². The van der Waals surface area contributed by atoms with Gasteiger partial charge in [-0.1, -0.05) is 12.1 Å². The second kappa shape index (κ2) is 6.75. The summed E-state index contributed by atoms with van der Waals surface area (Å²) in [5.74, 6) is 0.0405. The number of carbonyl (C=O) groups excluding carboxylic acids is 1. The number of halogens is 1. The summed E-state index contributed by atoms with van der Waals surface area (Å²) in [6.45, 7) is 2.32. The Morgan fingerprint density at radius 2 is 1.91 bits per heavy atom. The van der Waals surface area contributed by atoms with Gasteiger partial charge in [-0.25, -0.2) is 4.39 Å². The van der Waals surface area contributed by atoms with Crippen LogP contribution < -0.4 is 5.32 Å². The number of hydrogen-bond donors (Lipinski definition) is 2. The predicted molar refractivity (Wildman–Crippen MR) is 81.7 cm³/mol. The molecule has 2 aliphatic rings. The molecule has 0 radical (unpaired) electrons. The van der Waals surface area contributed by atoms with Gasteiger partial charge in [0.1, 0.15) is 5.82 Å². The Balaban J connectivity index is 1.54. The number of nitrogens with zero attached hydrogens (tertiary/aromatic N) is 1. The number of nitrogens with one attached hydrogen (secondary N) is 1. The van der Waals surface area contributed by atoms with Crippen LogP contribution in [0.4, 0.5) is 4.39 Å². The molecule has 2 heterocycles. The third-order valence-corrected chi connectivity index (χ3v) is 4.87. The summed E-state index contributed by atoms with van der Waals surface area (Å²) in [5, 5.41) is 13.7. The summed E-state index contributed by atoms with van der Waals surface area (Å²) in [7, 11) is 0. The summed E-state index contributed by atoms with van der Waals surface area (Å²) >= 11 is 0. The smallest absolute Gasteiger partial charge is 0.239 e. The molecule has 2 N–H and O–H groups in total. The first kappa shape index (κ1) is 15.4. The normalized spacial score (nSPS) is 24.5. The highest BCUT2D eigenvalue weighted by Crippen LogP contribution is 2.31. The standard InChI is InChI=1S/C17H23FN2O2/c18-14-5-3-12(4-6-14)16(21)13-7-10-20(11-8-13)17(22)15-2-1-9-19-15/h3-6,13,15-16,19,21H,1-2,7-11H2/t15-,16-/m0/s1. The molecule has 0 unspecified atom stereocenters. The second-order valence-corrected chi connectivity index (χ2v) is 6.31. The van der Waals surface area contributed by atoms with Gasteiger partial charge in [-0.05, 0) is 55.8 Å². The SMILES string of the molecule is O=C([C@@H]1CCCN1)N1CCC([C@@H](O)c2ccc(F)cc2)CC1. The molecule has 2 atom stereocenters. The largest absolute Gasteiger partial charge is 0.388 e. The van der Waals surface area contributed by atoms with Crippen LogP contribution in [0.2, 0.25) is 0 Å². The van der Waals surface area contributed by atoms with Gasteiger partial charge in [0, 0.05) is 13.1 Å². The molecule has 2 saturated heterocycles. The van der Waals surface area contributed by atoms with Gasteiger partial charge < -0.3 is 15.3 Å². The molecule has 5 heteroatoms. The molecule has 1 aromatic rings. The van der Waals surface area contributed by atoms with E-state index in [-0.39, 0.29) is 23.7 Å². The van der Waals surface area contributed by atoms with Crippen LogP contribution in [0.1, 0.15) is 37.4 Å². The maximum atomic E-state index is 12.9. The van der Waals surface area contributed by atoms with E-state index in [1.165, 1.54) is 12.1 Å². The molecule has 2 fully saturated rings. The van der Waals surface area contributed by atoms with Crippen molar-refractivity contribution in [2.45, 2.75) is 37.8 Å². The van der Waals surface area contributed by atoms with Crippen molar-refractivity contribution in [1.29, 1.82) is 0 Å². The number of benzene rings is 1. The van der Waals surface area contributed by atoms with E-state index in [2.05, 4.69) is 5.32 Å². The van der Waals surface area contributed by atoms with Crippen LogP contribution in [-0.4, -0.2) is 41.6 Å². The molecule has 4 nitrogen and oxygen atoms in total. The Morgan fingerprint density at radius 1 is 1.23 bits per heavy atom. The predicted octanol–water partition coefficient (Wildman–Crippen LogP) is 1.85. The number of aliphatic hydroxyl groups excluding tert-OH is 1. The first-order chi connectivity index (χ1) is 10.6. The molecule has 2 aliphatic heterocycles. The van der Waals surface area contributed by atoms with Crippen LogP contribution in [0.3, 0.4) is 0 Å². The molecule has 0 bridgehead atoms. The molecule has 1 aromatic carbocycles. The lowest BCUT2D eigenvalue weighted by Crippen LogP contribution is -2.47. The fraction of sp³-hybridized carbons (Fsp3) is 0.588. The van der Waals surface area contributed by atoms with Gasteiger partial charge >= 0.3 is 0 Å². The average Bonchev–Trinajstić information content (AvgIpc) is 3.09. The number of likely N-dealkylation sites (tertiary alicyclic amines) is 1. The van der Waals surface area contributed by atoms with E-state index < -0.39 is 6.10 Å². The zero-order valence-electron chi connectivity index (χ0n) is 12.7. The summed E-state index contributed by atoms with van der Waals surface area (Å²) in [4.78, 5) is 14.3. The van der Waals surface area contributed by atoms with Crippen LogP contribution in [0.25, 0.3) is 0 Å². The second-order valence-electron chi connectivity index (χ2n) is 6.31. The highest BCUT2D eigenvalue weighted by Gasteiger charge is 2.32. The van der Waals surface area contributed by atoms with E-state index in [0.29, 0.717) is 13.1 Å². The number of rotatable bonds is 3. The first-order valence-electron chi connectivity index (χ1n) is 8.11. The van der Waals surface area contributed by atoms with Gasteiger partial charge in [0.15, 0.2) is 0 Å². The third-order valence-electron chi connectivity index (χ3n) is 4.87. The number of amides is 1. The minimum Gasteiger partial charge on any atom is -0.388 e. The maximum Gasteiger partial charge on any atom is 0.239 e. The van der Waals surface area contributed by atoms with Gasteiger partial charge in [-0.15, -0.1) is 0 Å². The maximum absolute atomic E-state index is 12.9. The van der Waals surface area contributed by atoms with Crippen molar-refractivity contribution >= 4 is 5.91 Å².